The summed E-state index contributed by atoms with van der Waals surface area (Å²) in [5.74, 6) is -0.296. The highest BCUT2D eigenvalue weighted by Gasteiger charge is 2.30. The molecule has 10 heteroatoms. The number of hydrogen-bond donors (Lipinski definition) is 2. The number of hydrogen-bond acceptors (Lipinski definition) is 7. The predicted octanol–water partition coefficient (Wildman–Crippen LogP) is 1.41. The number of nitrogen functional groups attached to an aromatic ring is 1. The number of nitrogens with zero attached hydrogens (tertiary/aromatic N) is 3. The van der Waals surface area contributed by atoms with Gasteiger partial charge in [0, 0.05) is 19.1 Å². The van der Waals surface area contributed by atoms with E-state index >= 15 is 0 Å². The molecule has 0 radical (unpaired) electrons. The molecule has 162 valence electrons. The van der Waals surface area contributed by atoms with Crippen molar-refractivity contribution in [3.05, 3.63) is 41.7 Å². The quantitative estimate of drug-likeness (QED) is 0.705. The van der Waals surface area contributed by atoms with Gasteiger partial charge in [-0.1, -0.05) is 18.2 Å². The number of aromatic nitrogens is 2. The summed E-state index contributed by atoms with van der Waals surface area (Å²) in [6.45, 7) is 5.81. The molecule has 1 aromatic heterocycles. The minimum Gasteiger partial charge on any atom is -0.450 e. The van der Waals surface area contributed by atoms with E-state index in [1.807, 2.05) is 0 Å². The Kier molecular flexibility index (Phi) is 6.57. The highest BCUT2D eigenvalue weighted by atomic mass is 32.2. The summed E-state index contributed by atoms with van der Waals surface area (Å²) in [6.07, 6.45) is 0.265. The zero-order valence-corrected chi connectivity index (χ0v) is 18.1. The van der Waals surface area contributed by atoms with Crippen LogP contribution in [0.1, 0.15) is 31.2 Å². The molecular weight excluding hydrogens is 406 g/mol. The first-order valence-electron chi connectivity index (χ1n) is 9.81. The van der Waals surface area contributed by atoms with Crippen LogP contribution in [0.4, 0.5) is 5.69 Å². The SMILES string of the molecule is Cc1nc(OC(C)C(=O)NC2CCN(S(=O)(=O)c3ccccc3)CC2)nc(C)c1N. The maximum atomic E-state index is 12.7. The van der Waals surface area contributed by atoms with Crippen LogP contribution in [0.15, 0.2) is 35.2 Å². The van der Waals surface area contributed by atoms with Crippen molar-refractivity contribution >= 4 is 21.6 Å². The number of ether oxygens (including phenoxy) is 1. The molecule has 1 aliphatic rings. The second-order valence-corrected chi connectivity index (χ2v) is 9.29. The van der Waals surface area contributed by atoms with Crippen LogP contribution in [0, 0.1) is 13.8 Å². The third-order valence-corrected chi connectivity index (χ3v) is 7.05. The normalized spacial score (nSPS) is 16.8. The average molecular weight is 434 g/mol. The van der Waals surface area contributed by atoms with Crippen LogP contribution < -0.4 is 15.8 Å². The van der Waals surface area contributed by atoms with Crippen molar-refractivity contribution in [3.63, 3.8) is 0 Å². The third-order valence-electron chi connectivity index (χ3n) is 5.14. The maximum Gasteiger partial charge on any atom is 0.317 e. The Morgan fingerprint density at radius 3 is 2.30 bits per heavy atom. The van der Waals surface area contributed by atoms with E-state index in [0.717, 1.165) is 0 Å². The van der Waals surface area contributed by atoms with E-state index < -0.39 is 16.1 Å². The summed E-state index contributed by atoms with van der Waals surface area (Å²) < 4.78 is 32.4. The Labute approximate surface area is 176 Å². The van der Waals surface area contributed by atoms with Gasteiger partial charge in [0.25, 0.3) is 5.91 Å². The first-order chi connectivity index (χ1) is 14.2. The molecule has 1 fully saturated rings. The zero-order valence-electron chi connectivity index (χ0n) is 17.3. The molecule has 9 nitrogen and oxygen atoms in total. The van der Waals surface area contributed by atoms with Gasteiger partial charge in [-0.15, -0.1) is 0 Å². The molecular formula is C20H27N5O4S. The molecule has 1 unspecified atom stereocenters. The Morgan fingerprint density at radius 1 is 1.17 bits per heavy atom. The molecule has 1 aliphatic heterocycles. The number of rotatable bonds is 6. The second kappa shape index (κ2) is 8.97. The van der Waals surface area contributed by atoms with E-state index in [9.17, 15) is 13.2 Å². The topological polar surface area (TPSA) is 128 Å². The van der Waals surface area contributed by atoms with Crippen molar-refractivity contribution in [2.24, 2.45) is 0 Å². The summed E-state index contributed by atoms with van der Waals surface area (Å²) in [6, 6.07) is 8.34. The van der Waals surface area contributed by atoms with Crippen LogP contribution in [0.2, 0.25) is 0 Å². The van der Waals surface area contributed by atoms with Crippen LogP contribution in [-0.4, -0.2) is 53.8 Å². The molecule has 0 spiro atoms. The molecule has 1 atom stereocenters. The van der Waals surface area contributed by atoms with Crippen molar-refractivity contribution in [1.82, 2.24) is 19.6 Å². The van der Waals surface area contributed by atoms with E-state index in [4.69, 9.17) is 10.5 Å². The summed E-state index contributed by atoms with van der Waals surface area (Å²) in [4.78, 5) is 21.1. The van der Waals surface area contributed by atoms with Gasteiger partial charge in [-0.25, -0.2) is 8.42 Å². The largest absolute Gasteiger partial charge is 0.450 e. The van der Waals surface area contributed by atoms with Gasteiger partial charge in [0.2, 0.25) is 10.0 Å². The Bertz CT molecular complexity index is 982. The first kappa shape index (κ1) is 22.0. The molecule has 2 heterocycles. The number of benzene rings is 1. The van der Waals surface area contributed by atoms with Crippen LogP contribution >= 0.6 is 0 Å². The van der Waals surface area contributed by atoms with Gasteiger partial charge in [-0.05, 0) is 45.7 Å². The van der Waals surface area contributed by atoms with E-state index in [1.165, 1.54) is 4.31 Å². The molecule has 0 aliphatic carbocycles. The van der Waals surface area contributed by atoms with Crippen LogP contribution in [0.5, 0.6) is 6.01 Å². The van der Waals surface area contributed by atoms with Crippen LogP contribution in [0.25, 0.3) is 0 Å². The highest BCUT2D eigenvalue weighted by molar-refractivity contribution is 7.89. The van der Waals surface area contributed by atoms with Crippen molar-refractivity contribution in [2.45, 2.75) is 50.7 Å². The number of sulfonamides is 1. The van der Waals surface area contributed by atoms with E-state index in [1.54, 1.807) is 51.1 Å². The Hall–Kier alpha value is -2.72. The van der Waals surface area contributed by atoms with Crippen molar-refractivity contribution < 1.29 is 17.9 Å². The monoisotopic (exact) mass is 433 g/mol. The lowest BCUT2D eigenvalue weighted by atomic mass is 10.1. The van der Waals surface area contributed by atoms with Crippen LogP contribution in [0.3, 0.4) is 0 Å². The van der Waals surface area contributed by atoms with E-state index in [0.29, 0.717) is 43.0 Å². The average Bonchev–Trinajstić information content (AvgIpc) is 2.73. The highest BCUT2D eigenvalue weighted by Crippen LogP contribution is 2.21. The summed E-state index contributed by atoms with van der Waals surface area (Å²) in [5.41, 5.74) is 7.52. The Balaban J connectivity index is 1.54. The van der Waals surface area contributed by atoms with Gasteiger partial charge in [-0.2, -0.15) is 14.3 Å². The molecule has 0 saturated carbocycles. The van der Waals surface area contributed by atoms with Gasteiger partial charge in [0.05, 0.1) is 22.0 Å². The third kappa shape index (κ3) is 4.88. The number of nitrogens with one attached hydrogen (secondary N) is 1. The molecule has 3 rings (SSSR count). The molecule has 0 bridgehead atoms. The van der Waals surface area contributed by atoms with Gasteiger partial charge in [0.1, 0.15) is 0 Å². The predicted molar refractivity (Wildman–Crippen MR) is 112 cm³/mol. The lowest BCUT2D eigenvalue weighted by molar-refractivity contribution is -0.128. The number of anilines is 1. The number of nitrogens with two attached hydrogens (primary N) is 1. The second-order valence-electron chi connectivity index (χ2n) is 7.35. The molecule has 3 N–H and O–H groups in total. The fourth-order valence-corrected chi connectivity index (χ4v) is 4.75. The summed E-state index contributed by atoms with van der Waals surface area (Å²) in [7, 11) is -3.51. The van der Waals surface area contributed by atoms with E-state index in [2.05, 4.69) is 15.3 Å². The number of piperidine rings is 1. The van der Waals surface area contributed by atoms with Gasteiger partial charge < -0.3 is 15.8 Å². The van der Waals surface area contributed by atoms with Gasteiger partial charge in [0.15, 0.2) is 6.10 Å². The van der Waals surface area contributed by atoms with Crippen molar-refractivity contribution in [3.8, 4) is 6.01 Å². The Morgan fingerprint density at radius 2 is 1.73 bits per heavy atom. The smallest absolute Gasteiger partial charge is 0.317 e. The maximum absolute atomic E-state index is 12.7. The minimum atomic E-state index is -3.51. The lowest BCUT2D eigenvalue weighted by Gasteiger charge is -2.32. The molecule has 30 heavy (non-hydrogen) atoms. The molecule has 2 aromatic rings. The van der Waals surface area contributed by atoms with Gasteiger partial charge in [-0.3, -0.25) is 4.79 Å². The fraction of sp³-hybridized carbons (Fsp3) is 0.450. The van der Waals surface area contributed by atoms with E-state index in [-0.39, 0.29) is 22.9 Å². The zero-order chi connectivity index (χ0) is 21.9. The first-order valence-corrected chi connectivity index (χ1v) is 11.3. The van der Waals surface area contributed by atoms with Crippen LogP contribution in [-0.2, 0) is 14.8 Å². The molecule has 1 saturated heterocycles. The fourth-order valence-electron chi connectivity index (χ4n) is 3.26. The number of carbonyl (C=O) groups excluding carboxylic acids is 1. The molecule has 1 aromatic carbocycles. The summed E-state index contributed by atoms with van der Waals surface area (Å²) >= 11 is 0. The molecule has 1 amide bonds. The number of aryl methyl sites for hydroxylation is 2. The lowest BCUT2D eigenvalue weighted by Crippen LogP contribution is -2.49. The summed E-state index contributed by atoms with van der Waals surface area (Å²) in [5, 5.41) is 2.93. The van der Waals surface area contributed by atoms with Crippen molar-refractivity contribution in [1.29, 1.82) is 0 Å². The minimum absolute atomic E-state index is 0.102. The van der Waals surface area contributed by atoms with Crippen molar-refractivity contribution in [2.75, 3.05) is 18.8 Å². The number of amides is 1. The standard InChI is InChI=1S/C20H27N5O4S/c1-13-18(21)14(2)23-20(22-13)29-15(3)19(26)24-16-9-11-25(12-10-16)30(27,28)17-7-5-4-6-8-17/h4-8,15-16H,9-12,21H2,1-3H3,(H,24,26). The van der Waals surface area contributed by atoms with Gasteiger partial charge >= 0.3 is 6.01 Å². The number of carbonyl (C=O) groups is 1.